The van der Waals surface area contributed by atoms with Gasteiger partial charge in [0.1, 0.15) is 6.33 Å². The summed E-state index contributed by atoms with van der Waals surface area (Å²) in [7, 11) is 1.46. The molecule has 0 unspecified atom stereocenters. The van der Waals surface area contributed by atoms with Gasteiger partial charge in [0.25, 0.3) is 5.91 Å². The van der Waals surface area contributed by atoms with E-state index in [9.17, 15) is 19.5 Å². The standard InChI is InChI=1S/C19H24N8O4/c1-26-19(31)27-11-23-15(16(27)24-25-26)17(28)22-9-5-3-2-4-8-21-14-7-6-12(20)10-13(14)18(29)30/h6-7,10-11,21H,2-5,8-9,20H2,1H3,(H,22,28)(H,29,30). The number of nitrogens with two attached hydrogens (primary N) is 1. The minimum absolute atomic E-state index is 0.0622. The molecule has 3 aromatic rings. The van der Waals surface area contributed by atoms with E-state index in [1.165, 1.54) is 23.8 Å². The predicted octanol–water partition coefficient (Wildman–Crippen LogP) is 0.506. The van der Waals surface area contributed by atoms with Crippen LogP contribution in [0.15, 0.2) is 29.3 Å². The molecule has 12 heteroatoms. The second-order valence-corrected chi connectivity index (χ2v) is 6.99. The van der Waals surface area contributed by atoms with Gasteiger partial charge in [-0.2, -0.15) is 4.68 Å². The van der Waals surface area contributed by atoms with E-state index >= 15 is 0 Å². The number of anilines is 2. The molecule has 0 bridgehead atoms. The number of fused-ring (bicyclic) bond motifs is 1. The Hall–Kier alpha value is -3.96. The zero-order valence-electron chi connectivity index (χ0n) is 17.0. The predicted molar refractivity (Wildman–Crippen MR) is 113 cm³/mol. The van der Waals surface area contributed by atoms with E-state index in [4.69, 9.17) is 5.73 Å². The summed E-state index contributed by atoms with van der Waals surface area (Å²) >= 11 is 0. The maximum atomic E-state index is 12.3. The Morgan fingerprint density at radius 3 is 2.65 bits per heavy atom. The molecule has 0 atom stereocenters. The Morgan fingerprint density at radius 2 is 1.90 bits per heavy atom. The van der Waals surface area contributed by atoms with Crippen LogP contribution in [0.2, 0.25) is 0 Å². The van der Waals surface area contributed by atoms with Gasteiger partial charge < -0.3 is 21.5 Å². The minimum atomic E-state index is -1.03. The molecule has 0 radical (unpaired) electrons. The number of imidazole rings is 1. The molecule has 5 N–H and O–H groups in total. The summed E-state index contributed by atoms with van der Waals surface area (Å²) in [5, 5.41) is 22.6. The number of benzene rings is 1. The Labute approximate surface area is 177 Å². The zero-order valence-corrected chi connectivity index (χ0v) is 17.0. The molecule has 1 amide bonds. The van der Waals surface area contributed by atoms with E-state index in [0.29, 0.717) is 24.5 Å². The SMILES string of the molecule is Cn1nnc2c(C(=O)NCCCCCCNc3ccc(N)cc3C(=O)O)ncn2c1=O. The number of aromatic carboxylic acids is 1. The third kappa shape index (κ3) is 5.15. The number of amides is 1. The van der Waals surface area contributed by atoms with Gasteiger partial charge >= 0.3 is 11.7 Å². The molecule has 0 aliphatic carbocycles. The van der Waals surface area contributed by atoms with Crippen LogP contribution in [-0.2, 0) is 7.05 Å². The summed E-state index contributed by atoms with van der Waals surface area (Å²) in [5.74, 6) is -1.43. The average molecular weight is 428 g/mol. The molecule has 0 saturated carbocycles. The van der Waals surface area contributed by atoms with Crippen molar-refractivity contribution in [2.75, 3.05) is 24.1 Å². The summed E-state index contributed by atoms with van der Waals surface area (Å²) in [4.78, 5) is 39.4. The van der Waals surface area contributed by atoms with Crippen molar-refractivity contribution in [1.82, 2.24) is 29.7 Å². The minimum Gasteiger partial charge on any atom is -0.478 e. The van der Waals surface area contributed by atoms with Crippen molar-refractivity contribution in [3.05, 3.63) is 46.3 Å². The zero-order chi connectivity index (χ0) is 22.4. The van der Waals surface area contributed by atoms with E-state index in [2.05, 4.69) is 25.9 Å². The van der Waals surface area contributed by atoms with Crippen LogP contribution in [0.3, 0.4) is 0 Å². The molecule has 0 fully saturated rings. The number of unbranched alkanes of at least 4 members (excludes halogenated alkanes) is 3. The number of nitrogens with one attached hydrogen (secondary N) is 2. The van der Waals surface area contributed by atoms with E-state index in [1.807, 2.05) is 0 Å². The highest BCUT2D eigenvalue weighted by Crippen LogP contribution is 2.19. The van der Waals surface area contributed by atoms with E-state index in [1.54, 1.807) is 12.1 Å². The van der Waals surface area contributed by atoms with Crippen molar-refractivity contribution in [1.29, 1.82) is 0 Å². The van der Waals surface area contributed by atoms with Crippen LogP contribution in [-0.4, -0.2) is 54.5 Å². The van der Waals surface area contributed by atoms with Gasteiger partial charge in [0.2, 0.25) is 0 Å². The van der Waals surface area contributed by atoms with Crippen LogP contribution in [0.5, 0.6) is 0 Å². The van der Waals surface area contributed by atoms with Crippen LogP contribution in [0.1, 0.15) is 46.5 Å². The largest absolute Gasteiger partial charge is 0.478 e. The molecule has 1 aromatic carbocycles. The molecule has 12 nitrogen and oxygen atoms in total. The smallest absolute Gasteiger partial charge is 0.352 e. The quantitative estimate of drug-likeness (QED) is 0.265. The van der Waals surface area contributed by atoms with Crippen molar-refractivity contribution < 1.29 is 14.7 Å². The van der Waals surface area contributed by atoms with Crippen LogP contribution in [0.4, 0.5) is 11.4 Å². The number of nitrogen functional groups attached to an aromatic ring is 1. The van der Waals surface area contributed by atoms with Crippen molar-refractivity contribution in [2.24, 2.45) is 7.05 Å². The molecule has 3 rings (SSSR count). The molecule has 164 valence electrons. The fourth-order valence-electron chi connectivity index (χ4n) is 3.05. The van der Waals surface area contributed by atoms with Gasteiger partial charge in [-0.3, -0.25) is 4.79 Å². The highest BCUT2D eigenvalue weighted by atomic mass is 16.4. The number of hydrogen-bond donors (Lipinski definition) is 4. The number of nitrogens with zero attached hydrogens (tertiary/aromatic N) is 5. The Balaban J connectivity index is 1.37. The fourth-order valence-corrected chi connectivity index (χ4v) is 3.05. The lowest BCUT2D eigenvalue weighted by Crippen LogP contribution is -2.29. The van der Waals surface area contributed by atoms with Gasteiger partial charge in [-0.1, -0.05) is 18.1 Å². The number of hydrogen-bond acceptors (Lipinski definition) is 8. The number of carbonyl (C=O) groups is 2. The summed E-state index contributed by atoms with van der Waals surface area (Å²) < 4.78 is 2.23. The number of aryl methyl sites for hydroxylation is 1. The van der Waals surface area contributed by atoms with Crippen LogP contribution < -0.4 is 22.1 Å². The average Bonchev–Trinajstić information content (AvgIpc) is 3.18. The maximum absolute atomic E-state index is 12.3. The first-order valence-electron chi connectivity index (χ1n) is 9.80. The molecule has 2 aromatic heterocycles. The number of carbonyl (C=O) groups excluding carboxylic acids is 1. The molecule has 2 heterocycles. The van der Waals surface area contributed by atoms with Crippen molar-refractivity contribution in [3.63, 3.8) is 0 Å². The van der Waals surface area contributed by atoms with Gasteiger partial charge in [0, 0.05) is 31.5 Å². The molecule has 0 saturated heterocycles. The summed E-state index contributed by atoms with van der Waals surface area (Å²) in [6.07, 6.45) is 4.68. The third-order valence-electron chi connectivity index (χ3n) is 4.69. The Bertz CT molecular complexity index is 1150. The van der Waals surface area contributed by atoms with Crippen LogP contribution in [0.25, 0.3) is 5.65 Å². The molecular weight excluding hydrogens is 404 g/mol. The van der Waals surface area contributed by atoms with Crippen molar-refractivity contribution in [2.45, 2.75) is 25.7 Å². The summed E-state index contributed by atoms with van der Waals surface area (Å²) in [6.45, 7) is 1.09. The highest BCUT2D eigenvalue weighted by Gasteiger charge is 2.16. The molecule has 0 aliphatic heterocycles. The molecular formula is C19H24N8O4. The maximum Gasteiger partial charge on any atom is 0.352 e. The summed E-state index contributed by atoms with van der Waals surface area (Å²) in [6, 6.07) is 4.75. The normalized spacial score (nSPS) is 10.9. The van der Waals surface area contributed by atoms with Gasteiger partial charge in [-0.05, 0) is 31.0 Å². The molecule has 31 heavy (non-hydrogen) atoms. The second-order valence-electron chi connectivity index (χ2n) is 6.99. The Kier molecular flexibility index (Phi) is 6.80. The van der Waals surface area contributed by atoms with E-state index in [0.717, 1.165) is 30.4 Å². The monoisotopic (exact) mass is 428 g/mol. The first-order valence-corrected chi connectivity index (χ1v) is 9.80. The number of carboxylic acids is 1. The van der Waals surface area contributed by atoms with E-state index < -0.39 is 17.6 Å². The van der Waals surface area contributed by atoms with Crippen LogP contribution >= 0.6 is 0 Å². The first kappa shape index (κ1) is 21.7. The molecule has 0 spiro atoms. The Morgan fingerprint density at radius 1 is 1.16 bits per heavy atom. The highest BCUT2D eigenvalue weighted by molar-refractivity contribution is 5.97. The van der Waals surface area contributed by atoms with E-state index in [-0.39, 0.29) is 16.9 Å². The third-order valence-corrected chi connectivity index (χ3v) is 4.69. The van der Waals surface area contributed by atoms with Crippen molar-refractivity contribution in [3.8, 4) is 0 Å². The number of aromatic nitrogens is 5. The second kappa shape index (κ2) is 9.69. The lowest BCUT2D eigenvalue weighted by molar-refractivity contribution is 0.0697. The topological polar surface area (TPSA) is 170 Å². The van der Waals surface area contributed by atoms with Crippen molar-refractivity contribution >= 4 is 28.9 Å². The molecule has 0 aliphatic rings. The fraction of sp³-hybridized carbons (Fsp3) is 0.368. The van der Waals surface area contributed by atoms with Gasteiger partial charge in [-0.15, -0.1) is 5.10 Å². The lowest BCUT2D eigenvalue weighted by atomic mass is 10.1. The van der Waals surface area contributed by atoms with Gasteiger partial charge in [0.05, 0.1) is 5.56 Å². The first-order chi connectivity index (χ1) is 14.9. The van der Waals surface area contributed by atoms with Gasteiger partial charge in [-0.25, -0.2) is 19.0 Å². The van der Waals surface area contributed by atoms with Crippen LogP contribution in [0, 0.1) is 0 Å². The van der Waals surface area contributed by atoms with Gasteiger partial charge in [0.15, 0.2) is 11.3 Å². The lowest BCUT2D eigenvalue weighted by Gasteiger charge is -2.10. The number of rotatable bonds is 10. The number of carboxylic acid groups (broad SMARTS) is 1. The summed E-state index contributed by atoms with van der Waals surface area (Å²) in [5.41, 5.74) is 6.48.